The predicted octanol–water partition coefficient (Wildman–Crippen LogP) is 2.14. The van der Waals surface area contributed by atoms with Gasteiger partial charge >= 0.3 is 0 Å². The van der Waals surface area contributed by atoms with Crippen molar-refractivity contribution in [2.45, 2.75) is 56.7 Å². The normalized spacial score (nSPS) is 24.5. The molecule has 1 aliphatic rings. The molecule has 1 fully saturated rings. The van der Waals surface area contributed by atoms with Crippen LogP contribution in [0.15, 0.2) is 0 Å². The lowest BCUT2D eigenvalue weighted by molar-refractivity contribution is -0.119. The van der Waals surface area contributed by atoms with Gasteiger partial charge in [-0.3, -0.25) is 4.79 Å². The average Bonchev–Trinajstić information content (AvgIpc) is 2.49. The molecule has 0 aromatic rings. The number of amides is 1. The highest BCUT2D eigenvalue weighted by atomic mass is 32.1. The Morgan fingerprint density at radius 2 is 2.38 bits per heavy atom. The standard InChI is InChI=1S/C10H19NOS/c1-2-3-9(13)6-4-8-5-7-10(12)11-8/h8-9,13H,2-7H2,1H3,(H,11,12). The van der Waals surface area contributed by atoms with Crippen LogP contribution >= 0.6 is 12.6 Å². The van der Waals surface area contributed by atoms with Gasteiger partial charge in [0, 0.05) is 17.7 Å². The Morgan fingerprint density at radius 1 is 1.62 bits per heavy atom. The lowest BCUT2D eigenvalue weighted by Gasteiger charge is -2.13. The monoisotopic (exact) mass is 201 g/mol. The number of carbonyl (C=O) groups excluding carboxylic acids is 1. The number of nitrogens with one attached hydrogen (secondary N) is 1. The van der Waals surface area contributed by atoms with Gasteiger partial charge in [0.15, 0.2) is 0 Å². The molecule has 0 aromatic carbocycles. The summed E-state index contributed by atoms with van der Waals surface area (Å²) < 4.78 is 0. The third-order valence-corrected chi connectivity index (χ3v) is 3.07. The van der Waals surface area contributed by atoms with Crippen molar-refractivity contribution >= 4 is 18.5 Å². The maximum Gasteiger partial charge on any atom is 0.220 e. The Kier molecular flexibility index (Phi) is 4.64. The molecule has 2 unspecified atom stereocenters. The van der Waals surface area contributed by atoms with Crippen molar-refractivity contribution in [3.8, 4) is 0 Å². The molecule has 2 atom stereocenters. The van der Waals surface area contributed by atoms with E-state index in [9.17, 15) is 4.79 Å². The minimum Gasteiger partial charge on any atom is -0.353 e. The smallest absolute Gasteiger partial charge is 0.220 e. The predicted molar refractivity (Wildman–Crippen MR) is 58.1 cm³/mol. The second kappa shape index (κ2) is 5.53. The zero-order chi connectivity index (χ0) is 9.68. The van der Waals surface area contributed by atoms with Crippen molar-refractivity contribution in [3.63, 3.8) is 0 Å². The number of hydrogen-bond donors (Lipinski definition) is 2. The van der Waals surface area contributed by atoms with Crippen molar-refractivity contribution in [2.24, 2.45) is 0 Å². The van der Waals surface area contributed by atoms with E-state index in [0.717, 1.165) is 25.7 Å². The SMILES string of the molecule is CCCC(S)CCC1CCC(=O)N1. The Hall–Kier alpha value is -0.180. The van der Waals surface area contributed by atoms with Gasteiger partial charge in [-0.25, -0.2) is 0 Å². The fourth-order valence-electron chi connectivity index (χ4n) is 1.76. The van der Waals surface area contributed by atoms with E-state index in [-0.39, 0.29) is 5.91 Å². The first-order chi connectivity index (χ1) is 6.22. The summed E-state index contributed by atoms with van der Waals surface area (Å²) >= 11 is 4.49. The molecule has 3 heteroatoms. The Bertz CT molecular complexity index is 172. The maximum absolute atomic E-state index is 10.9. The molecular weight excluding hydrogens is 182 g/mol. The molecule has 0 bridgehead atoms. The summed E-state index contributed by atoms with van der Waals surface area (Å²) in [5, 5.41) is 3.49. The summed E-state index contributed by atoms with van der Waals surface area (Å²) in [4.78, 5) is 10.9. The van der Waals surface area contributed by atoms with E-state index < -0.39 is 0 Å². The fraction of sp³-hybridized carbons (Fsp3) is 0.900. The molecule has 1 saturated heterocycles. The summed E-state index contributed by atoms with van der Waals surface area (Å²) in [5.41, 5.74) is 0. The maximum atomic E-state index is 10.9. The molecule has 1 rings (SSSR count). The number of carbonyl (C=O) groups is 1. The fourth-order valence-corrected chi connectivity index (χ4v) is 2.17. The van der Waals surface area contributed by atoms with Crippen LogP contribution in [0.1, 0.15) is 45.4 Å². The van der Waals surface area contributed by atoms with E-state index in [1.54, 1.807) is 0 Å². The lowest BCUT2D eigenvalue weighted by Crippen LogP contribution is -2.25. The molecule has 0 aromatic heterocycles. The van der Waals surface area contributed by atoms with Crippen molar-refractivity contribution in [3.05, 3.63) is 0 Å². The van der Waals surface area contributed by atoms with Crippen LogP contribution in [0.2, 0.25) is 0 Å². The van der Waals surface area contributed by atoms with Crippen molar-refractivity contribution < 1.29 is 4.79 Å². The van der Waals surface area contributed by atoms with E-state index in [1.807, 2.05) is 0 Å². The minimum atomic E-state index is 0.219. The van der Waals surface area contributed by atoms with Crippen molar-refractivity contribution in [1.29, 1.82) is 0 Å². The molecule has 2 nitrogen and oxygen atoms in total. The largest absolute Gasteiger partial charge is 0.353 e. The van der Waals surface area contributed by atoms with E-state index in [4.69, 9.17) is 0 Å². The molecule has 1 aliphatic heterocycles. The van der Waals surface area contributed by atoms with Crippen molar-refractivity contribution in [1.82, 2.24) is 5.32 Å². The van der Waals surface area contributed by atoms with Crippen LogP contribution < -0.4 is 5.32 Å². The van der Waals surface area contributed by atoms with Gasteiger partial charge in [-0.15, -0.1) is 0 Å². The molecule has 13 heavy (non-hydrogen) atoms. The summed E-state index contributed by atoms with van der Waals surface area (Å²) in [6.07, 6.45) is 6.35. The highest BCUT2D eigenvalue weighted by Crippen LogP contribution is 2.17. The number of hydrogen-bond acceptors (Lipinski definition) is 2. The van der Waals surface area contributed by atoms with Gasteiger partial charge in [-0.2, -0.15) is 12.6 Å². The zero-order valence-electron chi connectivity index (χ0n) is 8.25. The lowest BCUT2D eigenvalue weighted by atomic mass is 10.1. The second-order valence-corrected chi connectivity index (χ2v) is 4.55. The van der Waals surface area contributed by atoms with Gasteiger partial charge in [0.2, 0.25) is 5.91 Å². The van der Waals surface area contributed by atoms with Crippen LogP contribution in [-0.4, -0.2) is 17.2 Å². The van der Waals surface area contributed by atoms with E-state index in [1.165, 1.54) is 12.8 Å². The Morgan fingerprint density at radius 3 is 2.92 bits per heavy atom. The zero-order valence-corrected chi connectivity index (χ0v) is 9.15. The van der Waals surface area contributed by atoms with E-state index in [2.05, 4.69) is 24.9 Å². The molecule has 1 amide bonds. The molecular formula is C10H19NOS. The van der Waals surface area contributed by atoms with Crippen LogP contribution in [0.4, 0.5) is 0 Å². The summed E-state index contributed by atoms with van der Waals surface area (Å²) in [7, 11) is 0. The molecule has 0 radical (unpaired) electrons. The molecule has 0 saturated carbocycles. The van der Waals surface area contributed by atoms with Gasteiger partial charge in [-0.1, -0.05) is 13.3 Å². The first kappa shape index (κ1) is 10.9. The van der Waals surface area contributed by atoms with Crippen LogP contribution in [0.5, 0.6) is 0 Å². The Labute approximate surface area is 85.9 Å². The summed E-state index contributed by atoms with van der Waals surface area (Å²) in [6.45, 7) is 2.18. The van der Waals surface area contributed by atoms with E-state index >= 15 is 0 Å². The molecule has 0 spiro atoms. The summed E-state index contributed by atoms with van der Waals surface area (Å²) in [5.74, 6) is 0.219. The first-order valence-corrected chi connectivity index (χ1v) is 5.71. The quantitative estimate of drug-likeness (QED) is 0.656. The van der Waals surface area contributed by atoms with E-state index in [0.29, 0.717) is 11.3 Å². The highest BCUT2D eigenvalue weighted by Gasteiger charge is 2.20. The van der Waals surface area contributed by atoms with Gasteiger partial charge in [0.1, 0.15) is 0 Å². The first-order valence-electron chi connectivity index (χ1n) is 5.19. The van der Waals surface area contributed by atoms with Crippen LogP contribution in [-0.2, 0) is 4.79 Å². The third-order valence-electron chi connectivity index (χ3n) is 2.56. The van der Waals surface area contributed by atoms with Gasteiger partial charge in [0.25, 0.3) is 0 Å². The minimum absolute atomic E-state index is 0.219. The van der Waals surface area contributed by atoms with Gasteiger partial charge in [0.05, 0.1) is 0 Å². The van der Waals surface area contributed by atoms with Crippen molar-refractivity contribution in [2.75, 3.05) is 0 Å². The molecule has 1 heterocycles. The molecule has 76 valence electrons. The summed E-state index contributed by atoms with van der Waals surface area (Å²) in [6, 6.07) is 0.430. The van der Waals surface area contributed by atoms with Gasteiger partial charge in [-0.05, 0) is 25.7 Å². The number of thiol groups is 1. The highest BCUT2D eigenvalue weighted by molar-refractivity contribution is 7.80. The van der Waals surface area contributed by atoms with Crippen LogP contribution in [0, 0.1) is 0 Å². The van der Waals surface area contributed by atoms with Crippen LogP contribution in [0.3, 0.4) is 0 Å². The third kappa shape index (κ3) is 4.03. The average molecular weight is 201 g/mol. The second-order valence-electron chi connectivity index (χ2n) is 3.82. The Balaban J connectivity index is 2.08. The van der Waals surface area contributed by atoms with Crippen LogP contribution in [0.25, 0.3) is 0 Å². The number of rotatable bonds is 5. The molecule has 0 aliphatic carbocycles. The van der Waals surface area contributed by atoms with Gasteiger partial charge < -0.3 is 5.32 Å². The molecule has 1 N–H and O–H groups in total. The topological polar surface area (TPSA) is 29.1 Å².